The minimum Gasteiger partial charge on any atom is -0.396 e. The molecule has 0 atom stereocenters. The van der Waals surface area contributed by atoms with Gasteiger partial charge >= 0.3 is 0 Å². The standard InChI is InChI=1S/C14H21FN2O/c15-14-2-1-12(8-16)7-13(14)9-17-5-3-11(10-18)4-6-17/h1-2,7,11,18H,3-6,8-10,16H2. The van der Waals surface area contributed by atoms with Crippen LogP contribution in [0.1, 0.15) is 24.0 Å². The van der Waals surface area contributed by atoms with Gasteiger partial charge in [0.25, 0.3) is 0 Å². The smallest absolute Gasteiger partial charge is 0.127 e. The third-order valence-electron chi connectivity index (χ3n) is 3.71. The molecule has 0 amide bonds. The Kier molecular flexibility index (Phi) is 4.69. The molecule has 3 nitrogen and oxygen atoms in total. The molecule has 4 heteroatoms. The van der Waals surface area contributed by atoms with E-state index in [1.54, 1.807) is 6.07 Å². The topological polar surface area (TPSA) is 49.5 Å². The number of aliphatic hydroxyl groups excluding tert-OH is 1. The van der Waals surface area contributed by atoms with Crippen molar-refractivity contribution in [1.29, 1.82) is 0 Å². The summed E-state index contributed by atoms with van der Waals surface area (Å²) in [4.78, 5) is 2.24. The highest BCUT2D eigenvalue weighted by molar-refractivity contribution is 5.25. The van der Waals surface area contributed by atoms with Crippen LogP contribution in [0, 0.1) is 11.7 Å². The third kappa shape index (κ3) is 3.28. The van der Waals surface area contributed by atoms with Gasteiger partial charge in [0, 0.05) is 25.3 Å². The fourth-order valence-corrected chi connectivity index (χ4v) is 2.44. The molecule has 0 unspecified atom stereocenters. The van der Waals surface area contributed by atoms with E-state index in [-0.39, 0.29) is 12.4 Å². The van der Waals surface area contributed by atoms with Crippen molar-refractivity contribution < 1.29 is 9.50 Å². The van der Waals surface area contributed by atoms with Crippen molar-refractivity contribution in [2.75, 3.05) is 19.7 Å². The molecule has 1 fully saturated rings. The molecule has 0 aromatic heterocycles. The predicted octanol–water partition coefficient (Wildman–Crippen LogP) is 1.49. The Morgan fingerprint density at radius 3 is 2.67 bits per heavy atom. The van der Waals surface area contributed by atoms with Gasteiger partial charge in [-0.1, -0.05) is 12.1 Å². The summed E-state index contributed by atoms with van der Waals surface area (Å²) in [5.41, 5.74) is 7.27. The summed E-state index contributed by atoms with van der Waals surface area (Å²) in [6, 6.07) is 5.09. The number of rotatable bonds is 4. The molecule has 1 aromatic rings. The molecule has 2 rings (SSSR count). The summed E-state index contributed by atoms with van der Waals surface area (Å²) < 4.78 is 13.7. The number of nitrogens with zero attached hydrogens (tertiary/aromatic N) is 1. The van der Waals surface area contributed by atoms with Crippen molar-refractivity contribution in [2.45, 2.75) is 25.9 Å². The van der Waals surface area contributed by atoms with E-state index in [4.69, 9.17) is 10.8 Å². The number of hydrogen-bond donors (Lipinski definition) is 2. The van der Waals surface area contributed by atoms with E-state index in [0.717, 1.165) is 37.1 Å². The van der Waals surface area contributed by atoms with E-state index >= 15 is 0 Å². The maximum atomic E-state index is 13.7. The molecule has 100 valence electrons. The van der Waals surface area contributed by atoms with Gasteiger partial charge in [-0.25, -0.2) is 4.39 Å². The normalized spacial score (nSPS) is 18.2. The second-order valence-electron chi connectivity index (χ2n) is 5.03. The van der Waals surface area contributed by atoms with Crippen LogP contribution in [0.5, 0.6) is 0 Å². The molecular formula is C14H21FN2O. The Morgan fingerprint density at radius 2 is 2.06 bits per heavy atom. The van der Waals surface area contributed by atoms with Crippen LogP contribution in [0.15, 0.2) is 18.2 Å². The Bertz CT molecular complexity index is 389. The number of piperidine rings is 1. The van der Waals surface area contributed by atoms with E-state index in [2.05, 4.69) is 4.90 Å². The first-order valence-electron chi connectivity index (χ1n) is 6.53. The van der Waals surface area contributed by atoms with Gasteiger partial charge in [0.15, 0.2) is 0 Å². The molecule has 3 N–H and O–H groups in total. The molecule has 0 saturated carbocycles. The van der Waals surface area contributed by atoms with Gasteiger partial charge in [0.2, 0.25) is 0 Å². The van der Waals surface area contributed by atoms with Crippen LogP contribution in [0.25, 0.3) is 0 Å². The Labute approximate surface area is 107 Å². The first kappa shape index (κ1) is 13.5. The van der Waals surface area contributed by atoms with Gasteiger partial charge in [0.1, 0.15) is 5.82 Å². The minimum absolute atomic E-state index is 0.156. The third-order valence-corrected chi connectivity index (χ3v) is 3.71. The van der Waals surface area contributed by atoms with Crippen LogP contribution in [-0.2, 0) is 13.1 Å². The molecule has 0 bridgehead atoms. The van der Waals surface area contributed by atoms with Crippen molar-refractivity contribution in [1.82, 2.24) is 4.90 Å². The minimum atomic E-state index is -0.156. The monoisotopic (exact) mass is 252 g/mol. The predicted molar refractivity (Wildman–Crippen MR) is 69.4 cm³/mol. The average molecular weight is 252 g/mol. The molecule has 0 spiro atoms. The highest BCUT2D eigenvalue weighted by Crippen LogP contribution is 2.20. The summed E-state index contributed by atoms with van der Waals surface area (Å²) in [6.07, 6.45) is 1.99. The number of halogens is 1. The quantitative estimate of drug-likeness (QED) is 0.853. The maximum absolute atomic E-state index is 13.7. The van der Waals surface area contributed by atoms with E-state index in [0.29, 0.717) is 19.0 Å². The van der Waals surface area contributed by atoms with Gasteiger partial charge in [0.05, 0.1) is 0 Å². The molecule has 1 aliphatic heterocycles. The lowest BCUT2D eigenvalue weighted by atomic mass is 9.97. The molecule has 0 radical (unpaired) electrons. The highest BCUT2D eigenvalue weighted by atomic mass is 19.1. The first-order valence-corrected chi connectivity index (χ1v) is 6.53. The lowest BCUT2D eigenvalue weighted by Gasteiger charge is -2.31. The summed E-state index contributed by atoms with van der Waals surface area (Å²) in [5.74, 6) is 0.262. The zero-order valence-corrected chi connectivity index (χ0v) is 10.6. The van der Waals surface area contributed by atoms with E-state index in [9.17, 15) is 4.39 Å². The summed E-state index contributed by atoms with van der Waals surface area (Å²) in [5, 5.41) is 9.09. The molecule has 1 heterocycles. The van der Waals surface area contributed by atoms with Crippen LogP contribution in [0.2, 0.25) is 0 Å². The lowest BCUT2D eigenvalue weighted by molar-refractivity contribution is 0.126. The molecule has 0 aliphatic carbocycles. The van der Waals surface area contributed by atoms with Crippen molar-refractivity contribution in [3.63, 3.8) is 0 Å². The number of aliphatic hydroxyl groups is 1. The number of likely N-dealkylation sites (tertiary alicyclic amines) is 1. The average Bonchev–Trinajstić information content (AvgIpc) is 2.42. The highest BCUT2D eigenvalue weighted by Gasteiger charge is 2.19. The summed E-state index contributed by atoms with van der Waals surface area (Å²) in [7, 11) is 0. The van der Waals surface area contributed by atoms with Crippen molar-refractivity contribution in [2.24, 2.45) is 11.7 Å². The largest absolute Gasteiger partial charge is 0.396 e. The van der Waals surface area contributed by atoms with Crippen LogP contribution >= 0.6 is 0 Å². The van der Waals surface area contributed by atoms with Crippen molar-refractivity contribution in [3.05, 3.63) is 35.1 Å². The van der Waals surface area contributed by atoms with E-state index in [1.165, 1.54) is 6.07 Å². The molecule has 1 saturated heterocycles. The number of benzene rings is 1. The van der Waals surface area contributed by atoms with Crippen LogP contribution < -0.4 is 5.73 Å². The van der Waals surface area contributed by atoms with Gasteiger partial charge < -0.3 is 10.8 Å². The van der Waals surface area contributed by atoms with Crippen LogP contribution in [0.3, 0.4) is 0 Å². The van der Waals surface area contributed by atoms with Crippen molar-refractivity contribution in [3.8, 4) is 0 Å². The van der Waals surface area contributed by atoms with Crippen LogP contribution in [-0.4, -0.2) is 29.7 Å². The number of hydrogen-bond acceptors (Lipinski definition) is 3. The Balaban J connectivity index is 1.97. The molecule has 1 aliphatic rings. The van der Waals surface area contributed by atoms with Gasteiger partial charge in [-0.3, -0.25) is 4.90 Å². The zero-order chi connectivity index (χ0) is 13.0. The molecular weight excluding hydrogens is 231 g/mol. The fraction of sp³-hybridized carbons (Fsp3) is 0.571. The molecule has 18 heavy (non-hydrogen) atoms. The van der Waals surface area contributed by atoms with Gasteiger partial charge in [-0.2, -0.15) is 0 Å². The maximum Gasteiger partial charge on any atom is 0.127 e. The summed E-state index contributed by atoms with van der Waals surface area (Å²) in [6.45, 7) is 3.21. The second kappa shape index (κ2) is 6.27. The Morgan fingerprint density at radius 1 is 1.33 bits per heavy atom. The fourth-order valence-electron chi connectivity index (χ4n) is 2.44. The van der Waals surface area contributed by atoms with E-state index in [1.807, 2.05) is 6.07 Å². The Hall–Kier alpha value is -0.970. The van der Waals surface area contributed by atoms with Gasteiger partial charge in [-0.05, 0) is 43.5 Å². The lowest BCUT2D eigenvalue weighted by Crippen LogP contribution is -2.34. The SMILES string of the molecule is NCc1ccc(F)c(CN2CCC(CO)CC2)c1. The van der Waals surface area contributed by atoms with Crippen LogP contribution in [0.4, 0.5) is 4.39 Å². The van der Waals surface area contributed by atoms with Gasteiger partial charge in [-0.15, -0.1) is 0 Å². The van der Waals surface area contributed by atoms with E-state index < -0.39 is 0 Å². The molecule has 1 aromatic carbocycles. The summed E-state index contributed by atoms with van der Waals surface area (Å²) >= 11 is 0. The number of nitrogens with two attached hydrogens (primary N) is 1. The zero-order valence-electron chi connectivity index (χ0n) is 10.6. The van der Waals surface area contributed by atoms with Crippen molar-refractivity contribution >= 4 is 0 Å². The second-order valence-corrected chi connectivity index (χ2v) is 5.03. The first-order chi connectivity index (χ1) is 8.72.